The van der Waals surface area contributed by atoms with Crippen molar-refractivity contribution < 1.29 is 22.8 Å². The van der Waals surface area contributed by atoms with Gasteiger partial charge < -0.3 is 14.8 Å². The molecule has 8 nitrogen and oxygen atoms in total. The molecule has 128 valence electrons. The monoisotopic (exact) mass is 344 g/mol. The molecule has 0 aliphatic carbocycles. The van der Waals surface area contributed by atoms with Crippen LogP contribution >= 0.6 is 0 Å². The summed E-state index contributed by atoms with van der Waals surface area (Å²) >= 11 is 0. The van der Waals surface area contributed by atoms with Gasteiger partial charge in [0.25, 0.3) is 5.69 Å². The van der Waals surface area contributed by atoms with Crippen LogP contribution in [0.15, 0.2) is 18.2 Å². The zero-order valence-electron chi connectivity index (χ0n) is 13.0. The fourth-order valence-corrected chi connectivity index (χ4v) is 3.53. The second kappa shape index (κ2) is 7.14. The van der Waals surface area contributed by atoms with Crippen molar-refractivity contribution >= 4 is 15.5 Å². The van der Waals surface area contributed by atoms with Crippen LogP contribution in [0.25, 0.3) is 0 Å². The predicted molar refractivity (Wildman–Crippen MR) is 84.8 cm³/mol. The van der Waals surface area contributed by atoms with Gasteiger partial charge in [-0.15, -0.1) is 0 Å². The molecule has 1 heterocycles. The number of methoxy groups -OCH3 is 1. The van der Waals surface area contributed by atoms with E-state index in [0.717, 1.165) is 13.0 Å². The molecule has 0 radical (unpaired) electrons. The highest BCUT2D eigenvalue weighted by atomic mass is 32.2. The van der Waals surface area contributed by atoms with Gasteiger partial charge in [0.15, 0.2) is 21.3 Å². The van der Waals surface area contributed by atoms with Crippen molar-refractivity contribution in [1.29, 1.82) is 0 Å². The van der Waals surface area contributed by atoms with E-state index in [1.54, 1.807) is 0 Å². The average molecular weight is 344 g/mol. The van der Waals surface area contributed by atoms with E-state index in [1.165, 1.54) is 31.6 Å². The molecular formula is C14H20N2O6S. The van der Waals surface area contributed by atoms with Crippen LogP contribution in [-0.4, -0.2) is 51.7 Å². The minimum atomic E-state index is -3.22. The van der Waals surface area contributed by atoms with Crippen LogP contribution in [0.5, 0.6) is 11.5 Å². The van der Waals surface area contributed by atoms with Gasteiger partial charge >= 0.3 is 0 Å². The Hall–Kier alpha value is -1.87. The molecule has 0 unspecified atom stereocenters. The summed E-state index contributed by atoms with van der Waals surface area (Å²) in [5.74, 6) is 0.464. The second-order valence-corrected chi connectivity index (χ2v) is 7.78. The molecule has 23 heavy (non-hydrogen) atoms. The van der Waals surface area contributed by atoms with Gasteiger partial charge in [0.1, 0.15) is 6.10 Å². The first-order valence-electron chi connectivity index (χ1n) is 7.17. The number of ether oxygens (including phenoxy) is 2. The molecule has 0 amide bonds. The Morgan fingerprint density at radius 2 is 2.17 bits per heavy atom. The van der Waals surface area contributed by atoms with Crippen molar-refractivity contribution in [1.82, 2.24) is 5.32 Å². The molecule has 0 spiro atoms. The normalized spacial score (nSPS) is 19.3. The van der Waals surface area contributed by atoms with Crippen LogP contribution in [0.4, 0.5) is 5.69 Å². The number of rotatable bonds is 7. The minimum absolute atomic E-state index is 0.0598. The van der Waals surface area contributed by atoms with Gasteiger partial charge in [-0.3, -0.25) is 10.1 Å². The van der Waals surface area contributed by atoms with Crippen molar-refractivity contribution in [3.05, 3.63) is 28.3 Å². The summed E-state index contributed by atoms with van der Waals surface area (Å²) in [5, 5.41) is 14.0. The highest BCUT2D eigenvalue weighted by Crippen LogP contribution is 2.33. The first-order valence-corrected chi connectivity index (χ1v) is 9.23. The molecular weight excluding hydrogens is 324 g/mol. The number of hydrogen-bond donors (Lipinski definition) is 1. The molecule has 2 rings (SSSR count). The molecule has 1 fully saturated rings. The van der Waals surface area contributed by atoms with Gasteiger partial charge in [0, 0.05) is 24.8 Å². The zero-order valence-corrected chi connectivity index (χ0v) is 13.8. The highest BCUT2D eigenvalue weighted by molar-refractivity contribution is 7.90. The van der Waals surface area contributed by atoms with E-state index in [2.05, 4.69) is 5.32 Å². The van der Waals surface area contributed by atoms with Crippen molar-refractivity contribution in [2.24, 2.45) is 5.92 Å². The number of nitro groups is 1. The molecule has 1 saturated heterocycles. The molecule has 0 bridgehead atoms. The smallest absolute Gasteiger partial charge is 0.273 e. The Labute approximate surface area is 134 Å². The average Bonchev–Trinajstić information content (AvgIpc) is 2.99. The minimum Gasteiger partial charge on any atom is -0.493 e. The summed E-state index contributed by atoms with van der Waals surface area (Å²) in [6.07, 6.45) is 1.45. The van der Waals surface area contributed by atoms with Crippen LogP contribution in [0.1, 0.15) is 6.42 Å². The molecule has 0 aromatic heterocycles. The van der Waals surface area contributed by atoms with Crippen LogP contribution in [0.3, 0.4) is 0 Å². The summed E-state index contributed by atoms with van der Waals surface area (Å²) in [5.41, 5.74) is -0.114. The maximum atomic E-state index is 11.7. The van der Waals surface area contributed by atoms with Crippen molar-refractivity contribution in [3.8, 4) is 11.5 Å². The lowest BCUT2D eigenvalue weighted by Gasteiger charge is -2.24. The molecule has 1 N–H and O–H groups in total. The molecule has 1 aromatic rings. The van der Waals surface area contributed by atoms with E-state index >= 15 is 0 Å². The summed E-state index contributed by atoms with van der Waals surface area (Å²) < 4.78 is 34.3. The maximum Gasteiger partial charge on any atom is 0.273 e. The summed E-state index contributed by atoms with van der Waals surface area (Å²) in [7, 11) is -1.84. The topological polar surface area (TPSA) is 108 Å². The van der Waals surface area contributed by atoms with Crippen LogP contribution in [0, 0.1) is 16.0 Å². The summed E-state index contributed by atoms with van der Waals surface area (Å²) in [6.45, 7) is 1.49. The van der Waals surface area contributed by atoms with E-state index in [9.17, 15) is 18.5 Å². The molecule has 2 atom stereocenters. The number of benzene rings is 1. The van der Waals surface area contributed by atoms with Crippen molar-refractivity contribution in [2.75, 3.05) is 32.2 Å². The van der Waals surface area contributed by atoms with Gasteiger partial charge in [-0.2, -0.15) is 0 Å². The fourth-order valence-electron chi connectivity index (χ4n) is 2.59. The van der Waals surface area contributed by atoms with Gasteiger partial charge in [0.2, 0.25) is 0 Å². The number of nitrogens with zero attached hydrogens (tertiary/aromatic N) is 1. The van der Waals surface area contributed by atoms with Gasteiger partial charge in [-0.25, -0.2) is 8.42 Å². The number of sulfone groups is 1. The first kappa shape index (κ1) is 17.5. The third-order valence-electron chi connectivity index (χ3n) is 3.73. The van der Waals surface area contributed by atoms with Crippen LogP contribution < -0.4 is 14.8 Å². The lowest BCUT2D eigenvalue weighted by molar-refractivity contribution is -0.385. The highest BCUT2D eigenvalue weighted by Gasteiger charge is 2.30. The van der Waals surface area contributed by atoms with Crippen LogP contribution in [0.2, 0.25) is 0 Å². The number of nitro benzene ring substituents is 1. The Bertz CT molecular complexity index is 670. The maximum absolute atomic E-state index is 11.7. The van der Waals surface area contributed by atoms with E-state index in [0.29, 0.717) is 12.3 Å². The van der Waals surface area contributed by atoms with E-state index < -0.39 is 20.9 Å². The van der Waals surface area contributed by atoms with E-state index in [4.69, 9.17) is 9.47 Å². The van der Waals surface area contributed by atoms with Crippen molar-refractivity contribution in [2.45, 2.75) is 12.5 Å². The Morgan fingerprint density at radius 3 is 2.70 bits per heavy atom. The Kier molecular flexibility index (Phi) is 5.42. The van der Waals surface area contributed by atoms with E-state index in [1.807, 2.05) is 0 Å². The van der Waals surface area contributed by atoms with Gasteiger partial charge in [0.05, 0.1) is 23.9 Å². The third-order valence-corrected chi connectivity index (χ3v) is 4.66. The third kappa shape index (κ3) is 4.80. The van der Waals surface area contributed by atoms with Crippen molar-refractivity contribution in [3.63, 3.8) is 0 Å². The lowest BCUT2D eigenvalue weighted by Crippen LogP contribution is -2.35. The lowest BCUT2D eigenvalue weighted by atomic mass is 10.0. The number of non-ortho nitro benzene ring substituents is 1. The van der Waals surface area contributed by atoms with E-state index in [-0.39, 0.29) is 23.1 Å². The fraction of sp³-hybridized carbons (Fsp3) is 0.571. The molecule has 1 aliphatic heterocycles. The zero-order chi connectivity index (χ0) is 17.0. The van der Waals surface area contributed by atoms with Gasteiger partial charge in [-0.1, -0.05) is 0 Å². The SMILES string of the molecule is COc1cc([N+](=O)[O-])ccc1O[C@@H](CS(C)(=O)=O)[C@H]1CCNC1. The van der Waals surface area contributed by atoms with Gasteiger partial charge in [-0.05, 0) is 19.0 Å². The van der Waals surface area contributed by atoms with Crippen LogP contribution in [-0.2, 0) is 9.84 Å². The molecule has 9 heteroatoms. The number of nitrogens with one attached hydrogen (secondary N) is 1. The quantitative estimate of drug-likeness (QED) is 0.581. The Balaban J connectivity index is 2.26. The number of hydrogen-bond acceptors (Lipinski definition) is 7. The summed E-state index contributed by atoms with van der Waals surface area (Å²) in [4.78, 5) is 10.3. The molecule has 0 saturated carbocycles. The largest absolute Gasteiger partial charge is 0.493 e. The Morgan fingerprint density at radius 1 is 1.43 bits per heavy atom. The second-order valence-electron chi connectivity index (χ2n) is 5.59. The standard InChI is InChI=1S/C14H20N2O6S/c1-21-13-7-11(16(17)18)3-4-12(13)22-14(9-23(2,19)20)10-5-6-15-8-10/h3-4,7,10,14-15H,5-6,8-9H2,1-2H3/t10-,14-/m0/s1. The molecule has 1 aliphatic rings. The first-order chi connectivity index (χ1) is 10.8. The predicted octanol–water partition coefficient (Wildman–Crippen LogP) is 1.00. The summed E-state index contributed by atoms with van der Waals surface area (Å²) in [6, 6.07) is 4.01. The molecule has 1 aromatic carbocycles.